The number of nitrogens with zero attached hydrogens (tertiary/aromatic N) is 2. The van der Waals surface area contributed by atoms with Crippen LogP contribution in [0.5, 0.6) is 0 Å². The topological polar surface area (TPSA) is 51.3 Å². The number of hydrogen-bond acceptors (Lipinski definition) is 5. The molecule has 0 aliphatic carbocycles. The molecule has 3 nitrogen and oxygen atoms in total. The highest BCUT2D eigenvalue weighted by atomic mass is 32.2. The number of benzene rings is 1. The Labute approximate surface area is 146 Å². The summed E-state index contributed by atoms with van der Waals surface area (Å²) in [5.74, 6) is 0. The maximum atomic E-state index is 5.61. The Kier molecular flexibility index (Phi) is 6.42. The first-order valence-electron chi connectivity index (χ1n) is 7.68. The van der Waals surface area contributed by atoms with E-state index in [-0.39, 0.29) is 0 Å². The molecule has 2 N–H and O–H groups in total. The lowest BCUT2D eigenvalue weighted by Crippen LogP contribution is -1.94. The molecular weight excluding hydrogens is 322 g/mol. The summed E-state index contributed by atoms with van der Waals surface area (Å²) in [5.41, 5.74) is 8.62. The molecule has 0 bridgehead atoms. The number of aromatic nitrogens is 1. The molecule has 0 saturated heterocycles. The number of thioether (sulfide) groups is 1. The molecule has 2 aromatic rings. The lowest BCUT2D eigenvalue weighted by atomic mass is 10.1. The molecule has 0 spiro atoms. The van der Waals surface area contributed by atoms with Crippen molar-refractivity contribution in [1.82, 2.24) is 4.98 Å². The molecule has 5 heteroatoms. The lowest BCUT2D eigenvalue weighted by molar-refractivity contribution is 0.911. The van der Waals surface area contributed by atoms with Crippen molar-refractivity contribution >= 4 is 38.4 Å². The Morgan fingerprint density at radius 2 is 2.22 bits per heavy atom. The van der Waals surface area contributed by atoms with Crippen LogP contribution in [0.2, 0.25) is 0 Å². The van der Waals surface area contributed by atoms with E-state index in [4.69, 9.17) is 5.73 Å². The first kappa shape index (κ1) is 17.8. The van der Waals surface area contributed by atoms with Crippen molar-refractivity contribution in [3.63, 3.8) is 0 Å². The Morgan fingerprint density at radius 1 is 1.43 bits per heavy atom. The van der Waals surface area contributed by atoms with E-state index in [1.165, 1.54) is 15.2 Å². The minimum atomic E-state index is 0.722. The number of thiazole rings is 1. The Bertz CT molecular complexity index is 757. The fourth-order valence-corrected chi connectivity index (χ4v) is 3.79. The highest BCUT2D eigenvalue weighted by Gasteiger charge is 2.05. The van der Waals surface area contributed by atoms with E-state index in [0.29, 0.717) is 0 Å². The minimum absolute atomic E-state index is 0.722. The van der Waals surface area contributed by atoms with Crippen LogP contribution in [-0.2, 0) is 0 Å². The molecule has 0 radical (unpaired) electrons. The van der Waals surface area contributed by atoms with Gasteiger partial charge in [0.15, 0.2) is 0 Å². The number of nitrogens with two attached hydrogens (primary N) is 1. The first-order chi connectivity index (χ1) is 11.0. The first-order valence-corrected chi connectivity index (χ1v) is 9.32. The molecule has 23 heavy (non-hydrogen) atoms. The van der Waals surface area contributed by atoms with Gasteiger partial charge in [-0.1, -0.05) is 30.8 Å². The van der Waals surface area contributed by atoms with Crippen molar-refractivity contribution in [3.8, 4) is 0 Å². The number of aliphatic imine (C=N–C) groups is 1. The molecule has 1 heterocycles. The summed E-state index contributed by atoms with van der Waals surface area (Å²) in [6.07, 6.45) is 4.59. The number of hydrogen-bond donors (Lipinski definition) is 1. The summed E-state index contributed by atoms with van der Waals surface area (Å²) in [6.45, 7) is 9.98. The quantitative estimate of drug-likeness (QED) is 0.417. The normalized spacial score (nSPS) is 12.8. The SMILES string of the molecule is C=C(N)CC/C(C)=C/N=C(CC)Sc1ccc2nc(C)sc2c1. The van der Waals surface area contributed by atoms with Crippen LogP contribution >= 0.6 is 23.1 Å². The molecule has 2 rings (SSSR count). The number of allylic oxidation sites excluding steroid dienone is 2. The molecule has 0 aliphatic heterocycles. The molecule has 0 unspecified atom stereocenters. The number of aryl methyl sites for hydroxylation is 1. The van der Waals surface area contributed by atoms with Crippen LogP contribution in [-0.4, -0.2) is 10.0 Å². The van der Waals surface area contributed by atoms with Crippen molar-refractivity contribution in [3.05, 3.63) is 47.3 Å². The molecule has 0 amide bonds. The van der Waals surface area contributed by atoms with Crippen LogP contribution in [0.25, 0.3) is 10.2 Å². The maximum absolute atomic E-state index is 5.61. The van der Waals surface area contributed by atoms with Gasteiger partial charge in [-0.2, -0.15) is 0 Å². The average molecular weight is 346 g/mol. The summed E-state index contributed by atoms with van der Waals surface area (Å²) in [4.78, 5) is 10.3. The van der Waals surface area contributed by atoms with Crippen molar-refractivity contribution in [2.24, 2.45) is 10.7 Å². The molecule has 122 valence electrons. The number of rotatable bonds is 6. The van der Waals surface area contributed by atoms with Crippen LogP contribution in [0.1, 0.15) is 38.1 Å². The van der Waals surface area contributed by atoms with Gasteiger partial charge >= 0.3 is 0 Å². The van der Waals surface area contributed by atoms with Gasteiger partial charge in [0.25, 0.3) is 0 Å². The second-order valence-corrected chi connectivity index (χ2v) is 7.86. The standard InChI is InChI=1S/C18H23N3S2/c1-5-18(20-11-12(2)6-7-13(3)19)23-15-8-9-16-17(10-15)22-14(4)21-16/h8-11H,3,5-7,19H2,1-2,4H3/b12-11+,20-18?. The molecular formula is C18H23N3S2. The Hall–Kier alpha value is -1.59. The molecule has 1 aromatic carbocycles. The second kappa shape index (κ2) is 8.31. The predicted molar refractivity (Wildman–Crippen MR) is 104 cm³/mol. The summed E-state index contributed by atoms with van der Waals surface area (Å²) >= 11 is 3.45. The molecule has 0 aliphatic rings. The molecule has 1 aromatic heterocycles. The summed E-state index contributed by atoms with van der Waals surface area (Å²) in [6, 6.07) is 6.40. The zero-order valence-electron chi connectivity index (χ0n) is 13.9. The third-order valence-corrected chi connectivity index (χ3v) is 5.33. The molecule has 0 saturated carbocycles. The van der Waals surface area contributed by atoms with Crippen molar-refractivity contribution < 1.29 is 0 Å². The van der Waals surface area contributed by atoms with Gasteiger partial charge in [0.05, 0.1) is 20.3 Å². The van der Waals surface area contributed by atoms with Crippen LogP contribution in [0.3, 0.4) is 0 Å². The van der Waals surface area contributed by atoms with E-state index in [1.54, 1.807) is 23.1 Å². The van der Waals surface area contributed by atoms with Gasteiger partial charge in [0.2, 0.25) is 0 Å². The molecule has 0 fully saturated rings. The molecule has 0 atom stereocenters. The smallest absolute Gasteiger partial charge is 0.0907 e. The maximum Gasteiger partial charge on any atom is 0.0907 e. The van der Waals surface area contributed by atoms with E-state index < -0.39 is 0 Å². The van der Waals surface area contributed by atoms with E-state index in [2.05, 4.69) is 48.6 Å². The number of fused-ring (bicyclic) bond motifs is 1. The van der Waals surface area contributed by atoms with Gasteiger partial charge in [-0.3, -0.25) is 4.99 Å². The van der Waals surface area contributed by atoms with Crippen LogP contribution in [0.4, 0.5) is 0 Å². The van der Waals surface area contributed by atoms with Gasteiger partial charge in [-0.15, -0.1) is 11.3 Å². The van der Waals surface area contributed by atoms with Gasteiger partial charge in [-0.25, -0.2) is 4.98 Å². The fraction of sp³-hybridized carbons (Fsp3) is 0.333. The monoisotopic (exact) mass is 345 g/mol. The minimum Gasteiger partial charge on any atom is -0.403 e. The van der Waals surface area contributed by atoms with Crippen molar-refractivity contribution in [2.45, 2.75) is 44.9 Å². The predicted octanol–water partition coefficient (Wildman–Crippen LogP) is 5.66. The van der Waals surface area contributed by atoms with Crippen LogP contribution in [0.15, 0.2) is 52.1 Å². The zero-order chi connectivity index (χ0) is 16.8. The largest absolute Gasteiger partial charge is 0.403 e. The van der Waals surface area contributed by atoms with Crippen molar-refractivity contribution in [2.75, 3.05) is 0 Å². The van der Waals surface area contributed by atoms with Crippen molar-refractivity contribution in [1.29, 1.82) is 0 Å². The summed E-state index contributed by atoms with van der Waals surface area (Å²) in [7, 11) is 0. The van der Waals surface area contributed by atoms with E-state index in [9.17, 15) is 0 Å². The Morgan fingerprint density at radius 3 is 2.91 bits per heavy atom. The Balaban J connectivity index is 2.08. The van der Waals surface area contributed by atoms with E-state index >= 15 is 0 Å². The van der Waals surface area contributed by atoms with E-state index in [0.717, 1.165) is 40.5 Å². The highest BCUT2D eigenvalue weighted by molar-refractivity contribution is 8.14. The van der Waals surface area contributed by atoms with Gasteiger partial charge < -0.3 is 5.73 Å². The van der Waals surface area contributed by atoms with Crippen LogP contribution < -0.4 is 5.73 Å². The van der Waals surface area contributed by atoms with E-state index in [1.807, 2.05) is 13.1 Å². The third-order valence-electron chi connectivity index (χ3n) is 3.27. The lowest BCUT2D eigenvalue weighted by Gasteiger charge is -2.04. The van der Waals surface area contributed by atoms with Gasteiger partial charge in [0, 0.05) is 16.8 Å². The van der Waals surface area contributed by atoms with Gasteiger partial charge in [-0.05, 0) is 51.3 Å². The highest BCUT2D eigenvalue weighted by Crippen LogP contribution is 2.29. The summed E-state index contributed by atoms with van der Waals surface area (Å²) < 4.78 is 1.23. The zero-order valence-corrected chi connectivity index (χ0v) is 15.6. The third kappa shape index (κ3) is 5.52. The second-order valence-electron chi connectivity index (χ2n) is 5.47. The van der Waals surface area contributed by atoms with Gasteiger partial charge in [0.1, 0.15) is 0 Å². The van der Waals surface area contributed by atoms with Crippen LogP contribution in [0, 0.1) is 6.92 Å². The summed E-state index contributed by atoms with van der Waals surface area (Å²) in [5, 5.41) is 2.21. The fourth-order valence-electron chi connectivity index (χ4n) is 2.01. The average Bonchev–Trinajstić information content (AvgIpc) is 2.88.